The number of aliphatic imine (C=N–C) groups is 1. The van der Waals surface area contributed by atoms with Crippen molar-refractivity contribution in [2.24, 2.45) is 16.8 Å². The maximum absolute atomic E-state index is 11.8. The molecular formula is C17H22N2O2. The number of rotatable bonds is 4. The number of allylic oxidation sites excluding steroid dienone is 3. The molecule has 112 valence electrons. The molecule has 1 N–H and O–H groups in total. The van der Waals surface area contributed by atoms with E-state index in [9.17, 15) is 9.59 Å². The molecule has 2 aliphatic rings. The van der Waals surface area contributed by atoms with Gasteiger partial charge in [-0.1, -0.05) is 38.8 Å². The molecule has 0 saturated heterocycles. The first-order chi connectivity index (χ1) is 9.99. The quantitative estimate of drug-likeness (QED) is 0.863. The van der Waals surface area contributed by atoms with Crippen LogP contribution in [0.4, 0.5) is 0 Å². The number of carbonyl (C=O) groups is 2. The van der Waals surface area contributed by atoms with Gasteiger partial charge < -0.3 is 5.32 Å². The van der Waals surface area contributed by atoms with Crippen molar-refractivity contribution >= 4 is 17.5 Å². The van der Waals surface area contributed by atoms with Crippen molar-refractivity contribution in [2.45, 2.75) is 40.0 Å². The lowest BCUT2D eigenvalue weighted by Gasteiger charge is -2.27. The minimum atomic E-state index is -0.119. The van der Waals surface area contributed by atoms with Crippen LogP contribution in [0.5, 0.6) is 0 Å². The molecule has 1 aliphatic heterocycles. The second-order valence-electron chi connectivity index (χ2n) is 5.92. The highest BCUT2D eigenvalue weighted by atomic mass is 16.2. The van der Waals surface area contributed by atoms with Crippen molar-refractivity contribution in [3.63, 3.8) is 0 Å². The lowest BCUT2D eigenvalue weighted by molar-refractivity contribution is -0.118. The van der Waals surface area contributed by atoms with E-state index in [4.69, 9.17) is 0 Å². The molecule has 1 atom stereocenters. The summed E-state index contributed by atoms with van der Waals surface area (Å²) in [4.78, 5) is 27.6. The van der Waals surface area contributed by atoms with Crippen LogP contribution in [0.2, 0.25) is 0 Å². The van der Waals surface area contributed by atoms with E-state index in [0.29, 0.717) is 18.1 Å². The molecule has 0 aromatic rings. The Morgan fingerprint density at radius 3 is 2.81 bits per heavy atom. The van der Waals surface area contributed by atoms with Gasteiger partial charge in [-0.25, -0.2) is 4.99 Å². The fourth-order valence-electron chi connectivity index (χ4n) is 2.59. The fraction of sp³-hybridized carbons (Fsp3) is 0.471. The third-order valence-corrected chi connectivity index (χ3v) is 3.46. The van der Waals surface area contributed by atoms with Crippen LogP contribution in [0.25, 0.3) is 0 Å². The molecule has 0 fully saturated rings. The zero-order valence-corrected chi connectivity index (χ0v) is 12.8. The first-order valence-electron chi connectivity index (χ1n) is 7.52. The van der Waals surface area contributed by atoms with E-state index >= 15 is 0 Å². The second kappa shape index (κ2) is 6.66. The maximum Gasteiger partial charge on any atom is 0.248 e. The number of carbonyl (C=O) groups excluding carboxylic acids is 2. The molecule has 1 unspecified atom stereocenters. The van der Waals surface area contributed by atoms with E-state index < -0.39 is 0 Å². The topological polar surface area (TPSA) is 58.5 Å². The van der Waals surface area contributed by atoms with Gasteiger partial charge in [0, 0.05) is 24.1 Å². The zero-order valence-electron chi connectivity index (χ0n) is 12.8. The molecule has 1 aliphatic carbocycles. The van der Waals surface area contributed by atoms with E-state index in [0.717, 1.165) is 24.1 Å². The smallest absolute Gasteiger partial charge is 0.248 e. The van der Waals surface area contributed by atoms with Gasteiger partial charge in [-0.15, -0.1) is 0 Å². The van der Waals surface area contributed by atoms with Gasteiger partial charge in [-0.3, -0.25) is 9.59 Å². The van der Waals surface area contributed by atoms with Crippen LogP contribution in [0.15, 0.2) is 40.6 Å². The van der Waals surface area contributed by atoms with Crippen LogP contribution in [0, 0.1) is 11.8 Å². The van der Waals surface area contributed by atoms with Crippen LogP contribution in [-0.2, 0) is 9.59 Å². The number of amides is 2. The Kier molecular flexibility index (Phi) is 4.89. The molecule has 2 rings (SSSR count). The van der Waals surface area contributed by atoms with Gasteiger partial charge in [-0.2, -0.15) is 0 Å². The van der Waals surface area contributed by atoms with Gasteiger partial charge in [0.25, 0.3) is 0 Å². The van der Waals surface area contributed by atoms with Gasteiger partial charge in [0.05, 0.1) is 5.71 Å². The van der Waals surface area contributed by atoms with E-state index in [1.807, 2.05) is 32.1 Å². The van der Waals surface area contributed by atoms with Crippen LogP contribution in [0.1, 0.15) is 40.0 Å². The predicted octanol–water partition coefficient (Wildman–Crippen LogP) is 2.93. The molecule has 0 radical (unpaired) electrons. The van der Waals surface area contributed by atoms with Crippen molar-refractivity contribution in [2.75, 3.05) is 0 Å². The van der Waals surface area contributed by atoms with Crippen molar-refractivity contribution in [1.29, 1.82) is 0 Å². The number of hydrogen-bond acceptors (Lipinski definition) is 2. The van der Waals surface area contributed by atoms with Crippen LogP contribution >= 0.6 is 0 Å². The molecule has 4 nitrogen and oxygen atoms in total. The number of hydrogen-bond donors (Lipinski definition) is 1. The van der Waals surface area contributed by atoms with Crippen LogP contribution in [0.3, 0.4) is 0 Å². The van der Waals surface area contributed by atoms with E-state index in [1.54, 1.807) is 6.08 Å². The molecule has 2 amide bonds. The first kappa shape index (κ1) is 15.4. The van der Waals surface area contributed by atoms with Gasteiger partial charge in [0.1, 0.15) is 0 Å². The molecule has 0 spiro atoms. The molecule has 0 bridgehead atoms. The highest BCUT2D eigenvalue weighted by Crippen LogP contribution is 2.29. The highest BCUT2D eigenvalue weighted by Gasteiger charge is 2.25. The van der Waals surface area contributed by atoms with Crippen molar-refractivity contribution in [3.8, 4) is 0 Å². The summed E-state index contributed by atoms with van der Waals surface area (Å²) in [6, 6.07) is 0. The summed E-state index contributed by atoms with van der Waals surface area (Å²) in [6.07, 6.45) is 9.72. The third kappa shape index (κ3) is 4.00. The Morgan fingerprint density at radius 1 is 1.38 bits per heavy atom. The summed E-state index contributed by atoms with van der Waals surface area (Å²) in [5.41, 5.74) is 2.56. The molecular weight excluding hydrogens is 264 g/mol. The van der Waals surface area contributed by atoms with Crippen molar-refractivity contribution < 1.29 is 9.59 Å². The lowest BCUT2D eigenvalue weighted by atomic mass is 9.85. The van der Waals surface area contributed by atoms with Gasteiger partial charge in [0.15, 0.2) is 0 Å². The van der Waals surface area contributed by atoms with Gasteiger partial charge >= 0.3 is 0 Å². The minimum absolute atomic E-state index is 0.0934. The standard InChI is InChI=1S/C17H22N2O2/c1-4-5-12-9-17(21)19-15-10-13(6-7-14(12)15)18-16(20)8-11(2)3/h6-7,9-11,14H,4-5,8H2,1-3H3,(H,19,21). The third-order valence-electron chi connectivity index (χ3n) is 3.46. The predicted molar refractivity (Wildman–Crippen MR) is 83.7 cm³/mol. The zero-order chi connectivity index (χ0) is 15.4. The highest BCUT2D eigenvalue weighted by molar-refractivity contribution is 6.11. The summed E-state index contributed by atoms with van der Waals surface area (Å²) >= 11 is 0. The molecule has 0 aromatic carbocycles. The molecule has 4 heteroatoms. The number of nitrogens with one attached hydrogen (secondary N) is 1. The van der Waals surface area contributed by atoms with Crippen LogP contribution in [-0.4, -0.2) is 17.5 Å². The monoisotopic (exact) mass is 286 g/mol. The minimum Gasteiger partial charge on any atom is -0.325 e. The average Bonchev–Trinajstić information content (AvgIpc) is 2.37. The fourth-order valence-corrected chi connectivity index (χ4v) is 2.59. The van der Waals surface area contributed by atoms with Crippen molar-refractivity contribution in [3.05, 3.63) is 35.6 Å². The first-order valence-corrected chi connectivity index (χ1v) is 7.52. The molecule has 0 saturated carbocycles. The molecule has 0 aromatic heterocycles. The summed E-state index contributed by atoms with van der Waals surface area (Å²) < 4.78 is 0. The Balaban J connectivity index is 2.19. The van der Waals surface area contributed by atoms with E-state index in [-0.39, 0.29) is 17.7 Å². The summed E-state index contributed by atoms with van der Waals surface area (Å²) in [6.45, 7) is 6.08. The Morgan fingerprint density at radius 2 is 2.14 bits per heavy atom. The van der Waals surface area contributed by atoms with Crippen LogP contribution < -0.4 is 5.32 Å². The number of fused-ring (bicyclic) bond motifs is 1. The molecule has 21 heavy (non-hydrogen) atoms. The largest absolute Gasteiger partial charge is 0.325 e. The Labute approximate surface area is 125 Å². The normalized spacial score (nSPS) is 22.8. The Hall–Kier alpha value is -1.97. The lowest BCUT2D eigenvalue weighted by Crippen LogP contribution is -2.33. The summed E-state index contributed by atoms with van der Waals surface area (Å²) in [7, 11) is 0. The van der Waals surface area contributed by atoms with E-state index in [2.05, 4.69) is 17.2 Å². The Bertz CT molecular complexity index is 565. The van der Waals surface area contributed by atoms with Crippen molar-refractivity contribution in [1.82, 2.24) is 5.32 Å². The van der Waals surface area contributed by atoms with Gasteiger partial charge in [0.2, 0.25) is 11.8 Å². The molecule has 1 heterocycles. The SMILES string of the molecule is CCCC1=CC(=O)NC2=CC(=NC(=O)CC(C)C)C=CC12. The average molecular weight is 286 g/mol. The summed E-state index contributed by atoms with van der Waals surface area (Å²) in [5.74, 6) is 0.195. The van der Waals surface area contributed by atoms with Gasteiger partial charge in [-0.05, 0) is 24.5 Å². The number of nitrogens with zero attached hydrogens (tertiary/aromatic N) is 1. The maximum atomic E-state index is 11.8. The van der Waals surface area contributed by atoms with E-state index in [1.165, 1.54) is 0 Å². The summed E-state index contributed by atoms with van der Waals surface area (Å²) in [5, 5.41) is 2.85. The second-order valence-corrected chi connectivity index (χ2v) is 5.92.